The molecule has 0 saturated heterocycles. The van der Waals surface area contributed by atoms with Crippen molar-refractivity contribution in [2.45, 2.75) is 11.3 Å². The Kier molecular flexibility index (Phi) is 6.16. The van der Waals surface area contributed by atoms with E-state index in [1.54, 1.807) is 0 Å². The third-order valence-corrected chi connectivity index (χ3v) is 4.19. The highest BCUT2D eigenvalue weighted by Crippen LogP contribution is 2.28. The molecule has 0 radical (unpaired) electrons. The first-order chi connectivity index (χ1) is 11.8. The normalized spacial score (nSPS) is 11.1. The van der Waals surface area contributed by atoms with Crippen LogP contribution in [-0.4, -0.2) is 26.6 Å². The molecule has 0 N–H and O–H groups in total. The lowest BCUT2D eigenvalue weighted by molar-refractivity contribution is -0.384. The first-order valence-electron chi connectivity index (χ1n) is 7.01. The monoisotopic (exact) mass is 389 g/mol. The highest BCUT2D eigenvalue weighted by Gasteiger charge is 2.12. The lowest BCUT2D eigenvalue weighted by atomic mass is 10.3. The third-order valence-electron chi connectivity index (χ3n) is 3.05. The van der Waals surface area contributed by atoms with Crippen molar-refractivity contribution in [2.24, 2.45) is 0 Å². The van der Waals surface area contributed by atoms with Crippen LogP contribution in [0.15, 0.2) is 47.4 Å². The van der Waals surface area contributed by atoms with Gasteiger partial charge in [0.2, 0.25) is 0 Å². The molecule has 134 valence electrons. The van der Waals surface area contributed by atoms with E-state index in [-0.39, 0.29) is 29.7 Å². The van der Waals surface area contributed by atoms with Crippen LogP contribution in [-0.2, 0) is 10.2 Å². The van der Waals surface area contributed by atoms with Crippen LogP contribution in [0.2, 0.25) is 5.02 Å². The van der Waals surface area contributed by atoms with Gasteiger partial charge in [0.05, 0.1) is 34.1 Å². The van der Waals surface area contributed by atoms with Gasteiger partial charge in [-0.05, 0) is 30.3 Å². The fraction of sp³-hybridized carbons (Fsp3) is 0.200. The molecule has 2 aromatic rings. The van der Waals surface area contributed by atoms with Gasteiger partial charge in [0.15, 0.2) is 0 Å². The number of nitro benzene ring substituents is 1. The van der Waals surface area contributed by atoms with Crippen LogP contribution in [0.4, 0.5) is 9.57 Å². The van der Waals surface area contributed by atoms with E-state index in [1.807, 2.05) is 0 Å². The Morgan fingerprint density at radius 3 is 2.32 bits per heavy atom. The fourth-order valence-corrected chi connectivity index (χ4v) is 2.48. The Morgan fingerprint density at radius 1 is 1.08 bits per heavy atom. The molecule has 7 nitrogen and oxygen atoms in total. The van der Waals surface area contributed by atoms with Gasteiger partial charge in [-0.15, -0.1) is 3.89 Å². The van der Waals surface area contributed by atoms with Crippen LogP contribution in [0.25, 0.3) is 0 Å². The van der Waals surface area contributed by atoms with E-state index >= 15 is 0 Å². The predicted octanol–water partition coefficient (Wildman–Crippen LogP) is 3.75. The quantitative estimate of drug-likeness (QED) is 0.295. The SMILES string of the molecule is O=[N+]([O-])c1ccc(Cl)c(OCCCOc2ccc(S(=O)(=O)F)cc2)c1. The second kappa shape index (κ2) is 8.13. The van der Waals surface area contributed by atoms with E-state index in [0.29, 0.717) is 12.2 Å². The number of non-ortho nitro benzene ring substituents is 1. The third kappa shape index (κ3) is 5.57. The van der Waals surface area contributed by atoms with Gasteiger partial charge in [0.1, 0.15) is 11.5 Å². The number of rotatable bonds is 8. The Balaban J connectivity index is 1.80. The maximum atomic E-state index is 12.7. The zero-order chi connectivity index (χ0) is 18.4. The van der Waals surface area contributed by atoms with E-state index in [9.17, 15) is 22.4 Å². The van der Waals surface area contributed by atoms with Gasteiger partial charge in [0, 0.05) is 12.5 Å². The van der Waals surface area contributed by atoms with Gasteiger partial charge in [0.25, 0.3) is 5.69 Å². The molecule has 25 heavy (non-hydrogen) atoms. The molecule has 0 aliphatic heterocycles. The van der Waals surface area contributed by atoms with Crippen molar-refractivity contribution < 1.29 is 26.7 Å². The van der Waals surface area contributed by atoms with Crippen molar-refractivity contribution in [1.82, 2.24) is 0 Å². The predicted molar refractivity (Wildman–Crippen MR) is 88.4 cm³/mol. The molecular weight excluding hydrogens is 377 g/mol. The summed E-state index contributed by atoms with van der Waals surface area (Å²) in [6, 6.07) is 8.77. The summed E-state index contributed by atoms with van der Waals surface area (Å²) in [7, 11) is -4.73. The number of nitro groups is 1. The first-order valence-corrected chi connectivity index (χ1v) is 8.78. The molecule has 0 aromatic heterocycles. The summed E-state index contributed by atoms with van der Waals surface area (Å²) in [4.78, 5) is 9.72. The van der Waals surface area contributed by atoms with Crippen molar-refractivity contribution >= 4 is 27.5 Å². The number of benzene rings is 2. The summed E-state index contributed by atoms with van der Waals surface area (Å²) in [5.41, 5.74) is -0.126. The second-order valence-electron chi connectivity index (χ2n) is 4.83. The van der Waals surface area contributed by atoms with Crippen LogP contribution in [0, 0.1) is 10.1 Å². The molecule has 0 heterocycles. The average Bonchev–Trinajstić information content (AvgIpc) is 2.55. The summed E-state index contributed by atoms with van der Waals surface area (Å²) in [5, 5.41) is 11.0. The lowest BCUT2D eigenvalue weighted by Crippen LogP contribution is -2.05. The van der Waals surface area contributed by atoms with Crippen molar-refractivity contribution in [3.63, 3.8) is 0 Å². The van der Waals surface area contributed by atoms with Crippen molar-refractivity contribution in [2.75, 3.05) is 13.2 Å². The summed E-state index contributed by atoms with van der Waals surface area (Å²) in [6.45, 7) is 0.450. The number of halogens is 2. The zero-order valence-corrected chi connectivity index (χ0v) is 14.3. The minimum absolute atomic E-state index is 0.126. The van der Waals surface area contributed by atoms with E-state index in [4.69, 9.17) is 21.1 Å². The van der Waals surface area contributed by atoms with Crippen LogP contribution in [0.1, 0.15) is 6.42 Å². The number of ether oxygens (including phenoxy) is 2. The molecular formula is C15H13ClFNO6S. The lowest BCUT2D eigenvalue weighted by Gasteiger charge is -2.09. The summed E-state index contributed by atoms with van der Waals surface area (Å²) >= 11 is 5.90. The summed E-state index contributed by atoms with van der Waals surface area (Å²) < 4.78 is 44.9. The maximum absolute atomic E-state index is 12.7. The molecule has 2 rings (SSSR count). The molecule has 0 atom stereocenters. The van der Waals surface area contributed by atoms with Crippen LogP contribution in [0.5, 0.6) is 11.5 Å². The van der Waals surface area contributed by atoms with E-state index in [2.05, 4.69) is 0 Å². The standard InChI is InChI=1S/C15H13ClFNO6S/c16-14-7-2-11(18(19)20)10-15(14)24-9-1-8-23-12-3-5-13(6-4-12)25(17,21)22/h2-7,10H,1,8-9H2. The molecule has 0 saturated carbocycles. The van der Waals surface area contributed by atoms with Crippen LogP contribution in [0.3, 0.4) is 0 Å². The molecule has 2 aromatic carbocycles. The molecule has 0 spiro atoms. The second-order valence-corrected chi connectivity index (χ2v) is 6.59. The van der Waals surface area contributed by atoms with Gasteiger partial charge in [-0.1, -0.05) is 11.6 Å². The smallest absolute Gasteiger partial charge is 0.332 e. The van der Waals surface area contributed by atoms with Gasteiger partial charge < -0.3 is 9.47 Å². The number of hydrogen-bond acceptors (Lipinski definition) is 6. The number of hydrogen-bond donors (Lipinski definition) is 0. The highest BCUT2D eigenvalue weighted by atomic mass is 35.5. The minimum Gasteiger partial charge on any atom is -0.493 e. The van der Waals surface area contributed by atoms with E-state index < -0.39 is 20.0 Å². The largest absolute Gasteiger partial charge is 0.493 e. The first kappa shape index (κ1) is 18.9. The molecule has 0 unspecified atom stereocenters. The Bertz CT molecular complexity index is 857. The van der Waals surface area contributed by atoms with Crippen LogP contribution < -0.4 is 9.47 Å². The van der Waals surface area contributed by atoms with Crippen molar-refractivity contribution in [3.8, 4) is 11.5 Å². The molecule has 0 fully saturated rings. The molecule has 0 aliphatic rings. The van der Waals surface area contributed by atoms with Gasteiger partial charge in [-0.3, -0.25) is 10.1 Å². The minimum atomic E-state index is -4.73. The van der Waals surface area contributed by atoms with E-state index in [0.717, 1.165) is 12.1 Å². The van der Waals surface area contributed by atoms with Gasteiger partial charge in [-0.2, -0.15) is 8.42 Å². The topological polar surface area (TPSA) is 95.7 Å². The molecule has 0 amide bonds. The maximum Gasteiger partial charge on any atom is 0.332 e. The van der Waals surface area contributed by atoms with Gasteiger partial charge >= 0.3 is 10.2 Å². The number of nitrogens with zero attached hydrogens (tertiary/aromatic N) is 1. The summed E-state index contributed by atoms with van der Waals surface area (Å²) in [6.07, 6.45) is 0.447. The Hall–Kier alpha value is -2.39. The Morgan fingerprint density at radius 2 is 1.72 bits per heavy atom. The molecule has 0 aliphatic carbocycles. The van der Waals surface area contributed by atoms with Crippen LogP contribution >= 0.6 is 11.6 Å². The fourth-order valence-electron chi connectivity index (χ4n) is 1.85. The zero-order valence-electron chi connectivity index (χ0n) is 12.7. The average molecular weight is 390 g/mol. The van der Waals surface area contributed by atoms with E-state index in [1.165, 1.54) is 30.3 Å². The molecule has 0 bridgehead atoms. The van der Waals surface area contributed by atoms with Gasteiger partial charge in [-0.25, -0.2) is 0 Å². The van der Waals surface area contributed by atoms with Crippen molar-refractivity contribution in [1.29, 1.82) is 0 Å². The van der Waals surface area contributed by atoms with Crippen molar-refractivity contribution in [3.05, 3.63) is 57.6 Å². The highest BCUT2D eigenvalue weighted by molar-refractivity contribution is 7.86. The molecule has 10 heteroatoms. The Labute approximate surface area is 148 Å². The summed E-state index contributed by atoms with van der Waals surface area (Å²) in [5.74, 6) is 0.578.